The summed E-state index contributed by atoms with van der Waals surface area (Å²) in [6.45, 7) is 4.05. The van der Waals surface area contributed by atoms with Crippen LogP contribution in [0, 0.1) is 0 Å². The molecule has 1 aromatic heterocycles. The maximum atomic E-state index is 11.3. The minimum Gasteiger partial charge on any atom is -0.292 e. The van der Waals surface area contributed by atoms with Gasteiger partial charge in [0, 0.05) is 11.8 Å². The minimum atomic E-state index is 0.183. The molecule has 0 aromatic carbocycles. The number of aryl methyl sites for hydroxylation is 1. The monoisotopic (exact) mass is 183 g/mol. The second-order valence-electron chi connectivity index (χ2n) is 2.67. The number of carbonyl (C=O) groups excluding carboxylic acids is 1. The summed E-state index contributed by atoms with van der Waals surface area (Å²) >= 11 is 1.46. The standard InChI is InChI=1S/C9H13NOS/c1-3-5-8(11)9-10-7(4-2)6-12-9/h6H,3-5H2,1-2H3. The zero-order valence-corrected chi connectivity index (χ0v) is 8.28. The Balaban J connectivity index is 2.68. The highest BCUT2D eigenvalue weighted by Crippen LogP contribution is 2.12. The van der Waals surface area contributed by atoms with E-state index in [4.69, 9.17) is 0 Å². The largest absolute Gasteiger partial charge is 0.292 e. The molecule has 0 radical (unpaired) electrons. The van der Waals surface area contributed by atoms with Gasteiger partial charge < -0.3 is 0 Å². The summed E-state index contributed by atoms with van der Waals surface area (Å²) in [5, 5.41) is 2.64. The quantitative estimate of drug-likeness (QED) is 0.672. The van der Waals surface area contributed by atoms with E-state index in [2.05, 4.69) is 4.98 Å². The van der Waals surface area contributed by atoms with Gasteiger partial charge in [0.2, 0.25) is 0 Å². The Hall–Kier alpha value is -0.700. The third kappa shape index (κ3) is 2.14. The molecule has 12 heavy (non-hydrogen) atoms. The highest BCUT2D eigenvalue weighted by atomic mass is 32.1. The van der Waals surface area contributed by atoms with Crippen LogP contribution >= 0.6 is 11.3 Å². The fraction of sp³-hybridized carbons (Fsp3) is 0.556. The first-order valence-electron chi connectivity index (χ1n) is 4.25. The van der Waals surface area contributed by atoms with Crippen LogP contribution in [0.5, 0.6) is 0 Å². The van der Waals surface area contributed by atoms with Crippen LogP contribution in [0.1, 0.15) is 42.2 Å². The maximum Gasteiger partial charge on any atom is 0.191 e. The average molecular weight is 183 g/mol. The van der Waals surface area contributed by atoms with Crippen molar-refractivity contribution in [2.75, 3.05) is 0 Å². The summed E-state index contributed by atoms with van der Waals surface area (Å²) in [7, 11) is 0. The molecular weight excluding hydrogens is 170 g/mol. The number of nitrogens with zero attached hydrogens (tertiary/aromatic N) is 1. The molecular formula is C9H13NOS. The second-order valence-corrected chi connectivity index (χ2v) is 3.53. The molecule has 3 heteroatoms. The van der Waals surface area contributed by atoms with Crippen molar-refractivity contribution in [3.63, 3.8) is 0 Å². The predicted octanol–water partition coefficient (Wildman–Crippen LogP) is 2.69. The van der Waals surface area contributed by atoms with Gasteiger partial charge >= 0.3 is 0 Å². The molecule has 2 nitrogen and oxygen atoms in total. The molecule has 1 rings (SSSR count). The van der Waals surface area contributed by atoms with Gasteiger partial charge in [0.05, 0.1) is 5.69 Å². The lowest BCUT2D eigenvalue weighted by Gasteiger charge is -1.90. The Morgan fingerprint density at radius 3 is 2.83 bits per heavy atom. The molecule has 1 heterocycles. The van der Waals surface area contributed by atoms with E-state index in [0.717, 1.165) is 18.5 Å². The lowest BCUT2D eigenvalue weighted by Crippen LogP contribution is -1.97. The number of Topliss-reactive ketones (excluding diaryl/α,β-unsaturated/α-hetero) is 1. The number of ketones is 1. The van der Waals surface area contributed by atoms with Crippen molar-refractivity contribution >= 4 is 17.1 Å². The number of thiazole rings is 1. The second kappa shape index (κ2) is 4.36. The van der Waals surface area contributed by atoms with E-state index in [9.17, 15) is 4.79 Å². The van der Waals surface area contributed by atoms with Crippen LogP contribution in [0.25, 0.3) is 0 Å². The van der Waals surface area contributed by atoms with E-state index in [1.165, 1.54) is 11.3 Å². The lowest BCUT2D eigenvalue weighted by atomic mass is 10.2. The SMILES string of the molecule is CCCC(=O)c1nc(CC)cs1. The molecule has 1 aromatic rings. The summed E-state index contributed by atoms with van der Waals surface area (Å²) in [5.41, 5.74) is 1.03. The predicted molar refractivity (Wildman–Crippen MR) is 50.7 cm³/mol. The van der Waals surface area contributed by atoms with Crippen LogP contribution in [-0.4, -0.2) is 10.8 Å². The average Bonchev–Trinajstić information content (AvgIpc) is 2.52. The summed E-state index contributed by atoms with van der Waals surface area (Å²) < 4.78 is 0. The number of rotatable bonds is 4. The van der Waals surface area contributed by atoms with Gasteiger partial charge in [-0.15, -0.1) is 11.3 Å². The van der Waals surface area contributed by atoms with Crippen LogP contribution in [0.3, 0.4) is 0 Å². The number of hydrogen-bond donors (Lipinski definition) is 0. The molecule has 0 aliphatic carbocycles. The summed E-state index contributed by atoms with van der Waals surface area (Å²) in [5.74, 6) is 0.183. The molecule has 0 aliphatic rings. The van der Waals surface area contributed by atoms with Crippen LogP contribution < -0.4 is 0 Å². The number of carbonyl (C=O) groups is 1. The molecule has 0 aliphatic heterocycles. The normalized spacial score (nSPS) is 10.2. The van der Waals surface area contributed by atoms with Crippen LogP contribution in [-0.2, 0) is 6.42 Å². The zero-order valence-electron chi connectivity index (χ0n) is 7.46. The Morgan fingerprint density at radius 2 is 2.33 bits per heavy atom. The number of aromatic nitrogens is 1. The summed E-state index contributed by atoms with van der Waals surface area (Å²) in [6, 6.07) is 0. The minimum absolute atomic E-state index is 0.183. The highest BCUT2D eigenvalue weighted by molar-refractivity contribution is 7.11. The maximum absolute atomic E-state index is 11.3. The summed E-state index contributed by atoms with van der Waals surface area (Å²) in [6.07, 6.45) is 2.44. The van der Waals surface area contributed by atoms with Gasteiger partial charge in [-0.3, -0.25) is 4.79 Å². The molecule has 0 N–H and O–H groups in total. The number of hydrogen-bond acceptors (Lipinski definition) is 3. The molecule has 0 fully saturated rings. The molecule has 0 amide bonds. The van der Waals surface area contributed by atoms with E-state index >= 15 is 0 Å². The molecule has 0 unspecified atom stereocenters. The first-order chi connectivity index (χ1) is 5.77. The van der Waals surface area contributed by atoms with E-state index in [1.54, 1.807) is 0 Å². The molecule has 0 atom stereocenters. The van der Waals surface area contributed by atoms with Crippen molar-refractivity contribution in [2.45, 2.75) is 33.1 Å². The first kappa shape index (κ1) is 9.39. The highest BCUT2D eigenvalue weighted by Gasteiger charge is 2.08. The van der Waals surface area contributed by atoms with Crippen molar-refractivity contribution in [1.82, 2.24) is 4.98 Å². The van der Waals surface area contributed by atoms with Gasteiger partial charge in [0.15, 0.2) is 10.8 Å². The van der Waals surface area contributed by atoms with E-state index in [0.29, 0.717) is 11.4 Å². The van der Waals surface area contributed by atoms with Crippen molar-refractivity contribution in [2.24, 2.45) is 0 Å². The van der Waals surface area contributed by atoms with Gasteiger partial charge in [-0.05, 0) is 12.8 Å². The molecule has 0 saturated carbocycles. The Bertz CT molecular complexity index is 267. The Morgan fingerprint density at radius 1 is 1.58 bits per heavy atom. The van der Waals surface area contributed by atoms with E-state index in [-0.39, 0.29) is 5.78 Å². The molecule has 0 saturated heterocycles. The third-order valence-electron chi connectivity index (χ3n) is 1.63. The molecule has 66 valence electrons. The van der Waals surface area contributed by atoms with Crippen molar-refractivity contribution in [3.05, 3.63) is 16.1 Å². The van der Waals surface area contributed by atoms with E-state index < -0.39 is 0 Å². The molecule has 0 bridgehead atoms. The fourth-order valence-electron chi connectivity index (χ4n) is 0.931. The smallest absolute Gasteiger partial charge is 0.191 e. The van der Waals surface area contributed by atoms with Gasteiger partial charge in [-0.2, -0.15) is 0 Å². The van der Waals surface area contributed by atoms with Crippen LogP contribution in [0.4, 0.5) is 0 Å². The van der Waals surface area contributed by atoms with Crippen LogP contribution in [0.2, 0.25) is 0 Å². The van der Waals surface area contributed by atoms with Gasteiger partial charge in [0.1, 0.15) is 0 Å². The third-order valence-corrected chi connectivity index (χ3v) is 2.56. The fourth-order valence-corrected chi connectivity index (χ4v) is 1.80. The van der Waals surface area contributed by atoms with E-state index in [1.807, 2.05) is 19.2 Å². The lowest BCUT2D eigenvalue weighted by molar-refractivity contribution is 0.0981. The van der Waals surface area contributed by atoms with Crippen LogP contribution in [0.15, 0.2) is 5.38 Å². The summed E-state index contributed by atoms with van der Waals surface area (Å²) in [4.78, 5) is 15.5. The van der Waals surface area contributed by atoms with Gasteiger partial charge in [-0.1, -0.05) is 13.8 Å². The molecule has 0 spiro atoms. The topological polar surface area (TPSA) is 30.0 Å². The van der Waals surface area contributed by atoms with Crippen molar-refractivity contribution in [1.29, 1.82) is 0 Å². The van der Waals surface area contributed by atoms with Crippen molar-refractivity contribution in [3.8, 4) is 0 Å². The van der Waals surface area contributed by atoms with Crippen molar-refractivity contribution < 1.29 is 4.79 Å². The first-order valence-corrected chi connectivity index (χ1v) is 5.13. The Kier molecular flexibility index (Phi) is 3.41. The zero-order chi connectivity index (χ0) is 8.97. The van der Waals surface area contributed by atoms with Gasteiger partial charge in [0.25, 0.3) is 0 Å². The van der Waals surface area contributed by atoms with Gasteiger partial charge in [-0.25, -0.2) is 4.98 Å². The Labute approximate surface area is 76.6 Å².